The third-order valence-corrected chi connectivity index (χ3v) is 7.51. The van der Waals surface area contributed by atoms with Gasteiger partial charge in [0.05, 0.1) is 0 Å². The lowest BCUT2D eigenvalue weighted by Gasteiger charge is -2.21. The first-order chi connectivity index (χ1) is 20.3. The standard InChI is InChI=1S/C40H34O/c1-5-15-31(16-6-1)27-35-23-13-24-36(28-32-17-7-2-8-18-32)39(35)41-40-37(29-33-19-9-3-10-20-33)25-14-26-38(40)30-34-21-11-4-12-22-34/h1-26H,27-30H2. The lowest BCUT2D eigenvalue weighted by atomic mass is 9.96. The summed E-state index contributed by atoms with van der Waals surface area (Å²) in [6, 6.07) is 55.9. The molecule has 6 aromatic rings. The Labute approximate surface area is 243 Å². The van der Waals surface area contributed by atoms with Crippen molar-refractivity contribution >= 4 is 0 Å². The highest BCUT2D eigenvalue weighted by atomic mass is 16.5. The highest BCUT2D eigenvalue weighted by Crippen LogP contribution is 2.38. The van der Waals surface area contributed by atoms with Gasteiger partial charge in [-0.15, -0.1) is 0 Å². The fourth-order valence-corrected chi connectivity index (χ4v) is 5.46. The molecule has 0 saturated carbocycles. The first-order valence-corrected chi connectivity index (χ1v) is 14.4. The molecule has 1 heteroatoms. The van der Waals surface area contributed by atoms with Gasteiger partial charge in [0, 0.05) is 25.7 Å². The number of rotatable bonds is 10. The Kier molecular flexibility index (Phi) is 8.34. The Morgan fingerprint density at radius 1 is 0.268 bits per heavy atom. The van der Waals surface area contributed by atoms with Crippen molar-refractivity contribution in [3.63, 3.8) is 0 Å². The van der Waals surface area contributed by atoms with Crippen molar-refractivity contribution < 1.29 is 4.74 Å². The fourth-order valence-electron chi connectivity index (χ4n) is 5.46. The largest absolute Gasteiger partial charge is 0.456 e. The van der Waals surface area contributed by atoms with Gasteiger partial charge in [0.15, 0.2) is 0 Å². The van der Waals surface area contributed by atoms with Gasteiger partial charge in [0.25, 0.3) is 0 Å². The summed E-state index contributed by atoms with van der Waals surface area (Å²) in [5.41, 5.74) is 9.89. The number of hydrogen-bond acceptors (Lipinski definition) is 1. The molecule has 0 heterocycles. The molecule has 41 heavy (non-hydrogen) atoms. The van der Waals surface area contributed by atoms with Gasteiger partial charge in [-0.1, -0.05) is 158 Å². The molecule has 0 aliphatic carbocycles. The minimum atomic E-state index is 0.813. The van der Waals surface area contributed by atoms with Crippen molar-refractivity contribution in [3.8, 4) is 11.5 Å². The van der Waals surface area contributed by atoms with Gasteiger partial charge in [0.1, 0.15) is 11.5 Å². The molecule has 1 nitrogen and oxygen atoms in total. The first-order valence-electron chi connectivity index (χ1n) is 14.4. The third kappa shape index (κ3) is 6.83. The Balaban J connectivity index is 1.46. The van der Waals surface area contributed by atoms with E-state index in [-0.39, 0.29) is 0 Å². The summed E-state index contributed by atoms with van der Waals surface area (Å²) in [4.78, 5) is 0. The van der Waals surface area contributed by atoms with E-state index in [1.807, 2.05) is 0 Å². The van der Waals surface area contributed by atoms with Crippen LogP contribution >= 0.6 is 0 Å². The highest BCUT2D eigenvalue weighted by molar-refractivity contribution is 5.53. The normalized spacial score (nSPS) is 10.8. The van der Waals surface area contributed by atoms with Crippen molar-refractivity contribution in [2.24, 2.45) is 0 Å². The summed E-state index contributed by atoms with van der Waals surface area (Å²) in [7, 11) is 0. The second-order valence-corrected chi connectivity index (χ2v) is 10.6. The summed E-state index contributed by atoms with van der Waals surface area (Å²) < 4.78 is 7.19. The maximum Gasteiger partial charge on any atom is 0.134 e. The first kappa shape index (κ1) is 26.3. The summed E-state index contributed by atoms with van der Waals surface area (Å²) >= 11 is 0. The monoisotopic (exact) mass is 530 g/mol. The molecular weight excluding hydrogens is 496 g/mol. The van der Waals surface area contributed by atoms with E-state index in [4.69, 9.17) is 4.74 Å². The molecule has 0 spiro atoms. The predicted octanol–water partition coefficient (Wildman–Crippen LogP) is 9.84. The Morgan fingerprint density at radius 2 is 0.512 bits per heavy atom. The topological polar surface area (TPSA) is 9.23 Å². The van der Waals surface area contributed by atoms with E-state index >= 15 is 0 Å². The van der Waals surface area contributed by atoms with Crippen molar-refractivity contribution in [2.75, 3.05) is 0 Å². The van der Waals surface area contributed by atoms with Crippen LogP contribution in [0, 0.1) is 0 Å². The molecule has 0 saturated heterocycles. The maximum atomic E-state index is 7.19. The second-order valence-electron chi connectivity index (χ2n) is 10.6. The van der Waals surface area contributed by atoms with Crippen LogP contribution in [0.15, 0.2) is 158 Å². The zero-order chi connectivity index (χ0) is 27.7. The van der Waals surface area contributed by atoms with Crippen molar-refractivity contribution in [3.05, 3.63) is 202 Å². The van der Waals surface area contributed by atoms with Gasteiger partial charge in [-0.3, -0.25) is 0 Å². The van der Waals surface area contributed by atoms with E-state index in [0.29, 0.717) is 0 Å². The van der Waals surface area contributed by atoms with Crippen LogP contribution in [0.2, 0.25) is 0 Å². The molecule has 6 rings (SSSR count). The van der Waals surface area contributed by atoms with Crippen LogP contribution in [-0.2, 0) is 25.7 Å². The van der Waals surface area contributed by atoms with Crippen molar-refractivity contribution in [1.82, 2.24) is 0 Å². The van der Waals surface area contributed by atoms with E-state index in [9.17, 15) is 0 Å². The van der Waals surface area contributed by atoms with Crippen molar-refractivity contribution in [1.29, 1.82) is 0 Å². The highest BCUT2D eigenvalue weighted by Gasteiger charge is 2.18. The summed E-state index contributed by atoms with van der Waals surface area (Å²) in [5.74, 6) is 1.94. The average molecular weight is 531 g/mol. The van der Waals surface area contributed by atoms with Crippen LogP contribution in [0.25, 0.3) is 0 Å². The van der Waals surface area contributed by atoms with Gasteiger partial charge in [-0.25, -0.2) is 0 Å². The van der Waals surface area contributed by atoms with Crippen LogP contribution in [0.4, 0.5) is 0 Å². The minimum absolute atomic E-state index is 0.813. The summed E-state index contributed by atoms with van der Waals surface area (Å²) in [6.45, 7) is 0. The van der Waals surface area contributed by atoms with Crippen LogP contribution in [-0.4, -0.2) is 0 Å². The van der Waals surface area contributed by atoms with Crippen LogP contribution < -0.4 is 4.74 Å². The zero-order valence-corrected chi connectivity index (χ0v) is 23.2. The molecule has 0 atom stereocenters. The number of hydrogen-bond donors (Lipinski definition) is 0. The number of benzene rings is 6. The van der Waals surface area contributed by atoms with Crippen LogP contribution in [0.3, 0.4) is 0 Å². The molecule has 0 aromatic heterocycles. The average Bonchev–Trinajstić information content (AvgIpc) is 3.02. The molecule has 0 aliphatic rings. The van der Waals surface area contributed by atoms with E-state index in [1.165, 1.54) is 44.5 Å². The maximum absolute atomic E-state index is 7.19. The minimum Gasteiger partial charge on any atom is -0.456 e. The van der Waals surface area contributed by atoms with Gasteiger partial charge < -0.3 is 4.74 Å². The molecule has 0 unspecified atom stereocenters. The molecule has 0 aliphatic heterocycles. The van der Waals surface area contributed by atoms with Gasteiger partial charge >= 0.3 is 0 Å². The number of para-hydroxylation sites is 2. The van der Waals surface area contributed by atoms with Gasteiger partial charge in [-0.2, -0.15) is 0 Å². The molecule has 0 amide bonds. The van der Waals surface area contributed by atoms with E-state index < -0.39 is 0 Å². The molecular formula is C40H34O. The third-order valence-electron chi connectivity index (χ3n) is 7.51. The van der Waals surface area contributed by atoms with Crippen molar-refractivity contribution in [2.45, 2.75) is 25.7 Å². The molecule has 0 bridgehead atoms. The second kappa shape index (κ2) is 13.0. The zero-order valence-electron chi connectivity index (χ0n) is 23.2. The molecule has 0 radical (unpaired) electrons. The predicted molar refractivity (Wildman–Crippen MR) is 170 cm³/mol. The number of ether oxygens (including phenoxy) is 1. The van der Waals surface area contributed by atoms with E-state index in [2.05, 4.69) is 158 Å². The Bertz CT molecular complexity index is 1430. The lowest BCUT2D eigenvalue weighted by Crippen LogP contribution is -2.04. The quantitative estimate of drug-likeness (QED) is 0.171. The van der Waals surface area contributed by atoms with Gasteiger partial charge in [0.2, 0.25) is 0 Å². The molecule has 200 valence electrons. The Morgan fingerprint density at radius 3 is 0.756 bits per heavy atom. The van der Waals surface area contributed by atoms with Crippen LogP contribution in [0.5, 0.6) is 11.5 Å². The lowest BCUT2D eigenvalue weighted by molar-refractivity contribution is 0.462. The molecule has 6 aromatic carbocycles. The smallest absolute Gasteiger partial charge is 0.134 e. The van der Waals surface area contributed by atoms with E-state index in [1.54, 1.807) is 0 Å². The summed E-state index contributed by atoms with van der Waals surface area (Å²) in [6.07, 6.45) is 3.25. The fraction of sp³-hybridized carbons (Fsp3) is 0.100. The summed E-state index contributed by atoms with van der Waals surface area (Å²) in [5, 5.41) is 0. The SMILES string of the molecule is c1ccc(Cc2cccc(Cc3ccccc3)c2Oc2c(Cc3ccccc3)cccc2Cc2ccccc2)cc1. The van der Waals surface area contributed by atoms with E-state index in [0.717, 1.165) is 37.2 Å². The molecule has 0 fully saturated rings. The Hall–Kier alpha value is -4.88. The van der Waals surface area contributed by atoms with Gasteiger partial charge in [-0.05, 0) is 44.5 Å². The molecule has 0 N–H and O–H groups in total. The van der Waals surface area contributed by atoms with Crippen LogP contribution in [0.1, 0.15) is 44.5 Å².